The first kappa shape index (κ1) is 12.6. The third-order valence-corrected chi connectivity index (χ3v) is 3.32. The Kier molecular flexibility index (Phi) is 3.94. The molecule has 0 aliphatic heterocycles. The number of urea groups is 1. The van der Waals surface area contributed by atoms with E-state index in [1.807, 2.05) is 31.2 Å². The lowest BCUT2D eigenvalue weighted by Crippen LogP contribution is -2.20. The first-order valence-corrected chi connectivity index (χ1v) is 6.59. The Morgan fingerprint density at radius 3 is 2.78 bits per heavy atom. The summed E-state index contributed by atoms with van der Waals surface area (Å²) < 4.78 is 0. The number of anilines is 2. The fourth-order valence-electron chi connectivity index (χ4n) is 1.61. The molecule has 2 rings (SSSR count). The molecule has 0 radical (unpaired) electrons. The van der Waals surface area contributed by atoms with Gasteiger partial charge in [0.05, 0.1) is 0 Å². The fraction of sp³-hybridized carbons (Fsp3) is 0.231. The lowest BCUT2D eigenvalue weighted by atomic mass is 10.1. The minimum atomic E-state index is -0.259. The van der Waals surface area contributed by atoms with Crippen LogP contribution in [0.5, 0.6) is 0 Å². The van der Waals surface area contributed by atoms with E-state index in [2.05, 4.69) is 22.5 Å². The number of hydrogen-bond acceptors (Lipinski definition) is 3. The van der Waals surface area contributed by atoms with E-state index in [0.29, 0.717) is 5.13 Å². The molecular formula is C13H15N3OS. The molecule has 2 amide bonds. The summed E-state index contributed by atoms with van der Waals surface area (Å²) in [6, 6.07) is 7.51. The molecule has 2 aromatic rings. The van der Waals surface area contributed by atoms with Crippen LogP contribution < -0.4 is 10.6 Å². The number of nitrogens with zero attached hydrogens (tertiary/aromatic N) is 1. The van der Waals surface area contributed by atoms with E-state index in [0.717, 1.165) is 22.5 Å². The summed E-state index contributed by atoms with van der Waals surface area (Å²) >= 11 is 1.45. The van der Waals surface area contributed by atoms with Gasteiger partial charge in [-0.05, 0) is 25.0 Å². The number of nitrogens with one attached hydrogen (secondary N) is 2. The van der Waals surface area contributed by atoms with Gasteiger partial charge in [0.1, 0.15) is 0 Å². The van der Waals surface area contributed by atoms with Crippen LogP contribution >= 0.6 is 11.3 Å². The van der Waals surface area contributed by atoms with E-state index in [9.17, 15) is 4.79 Å². The highest BCUT2D eigenvalue weighted by molar-refractivity contribution is 7.15. The number of aryl methyl sites for hydroxylation is 2. The van der Waals surface area contributed by atoms with Gasteiger partial charge in [-0.1, -0.05) is 25.1 Å². The van der Waals surface area contributed by atoms with Crippen LogP contribution in [-0.4, -0.2) is 11.0 Å². The fourth-order valence-corrected chi connectivity index (χ4v) is 2.27. The van der Waals surface area contributed by atoms with Crippen molar-refractivity contribution < 1.29 is 4.79 Å². The molecule has 0 saturated carbocycles. The van der Waals surface area contributed by atoms with Crippen molar-refractivity contribution in [3.8, 4) is 0 Å². The Balaban J connectivity index is 2.03. The van der Waals surface area contributed by atoms with Crippen molar-refractivity contribution in [2.75, 3.05) is 10.6 Å². The first-order valence-electron chi connectivity index (χ1n) is 5.77. The van der Waals surface area contributed by atoms with Crippen LogP contribution in [0.2, 0.25) is 0 Å². The zero-order valence-electron chi connectivity index (χ0n) is 10.4. The van der Waals surface area contributed by atoms with Crippen molar-refractivity contribution in [3.05, 3.63) is 40.9 Å². The van der Waals surface area contributed by atoms with Gasteiger partial charge >= 0.3 is 6.03 Å². The summed E-state index contributed by atoms with van der Waals surface area (Å²) in [5.41, 5.74) is 1.95. The average Bonchev–Trinajstić information content (AvgIpc) is 2.75. The molecule has 0 saturated heterocycles. The molecule has 0 aliphatic rings. The van der Waals surface area contributed by atoms with Crippen LogP contribution in [0.4, 0.5) is 15.6 Å². The Bertz CT molecular complexity index is 551. The predicted octanol–water partition coefficient (Wildman–Crippen LogP) is 3.66. The molecule has 94 valence electrons. The molecule has 1 heterocycles. The van der Waals surface area contributed by atoms with Gasteiger partial charge in [0, 0.05) is 16.8 Å². The van der Waals surface area contributed by atoms with Gasteiger partial charge in [0.15, 0.2) is 5.13 Å². The van der Waals surface area contributed by atoms with Crippen LogP contribution in [0, 0.1) is 6.92 Å². The molecule has 2 N–H and O–H groups in total. The van der Waals surface area contributed by atoms with Crippen molar-refractivity contribution in [1.82, 2.24) is 4.98 Å². The first-order chi connectivity index (χ1) is 8.69. The maximum atomic E-state index is 11.8. The summed E-state index contributed by atoms with van der Waals surface area (Å²) in [6.45, 7) is 4.01. The Hall–Kier alpha value is -1.88. The second kappa shape index (κ2) is 5.64. The summed E-state index contributed by atoms with van der Waals surface area (Å²) in [4.78, 5) is 17.0. The number of hydrogen-bond donors (Lipinski definition) is 2. The van der Waals surface area contributed by atoms with E-state index < -0.39 is 0 Å². The number of amides is 2. The zero-order chi connectivity index (χ0) is 13.0. The standard InChI is InChI=1S/C13H15N3OS/c1-3-10-6-4-5-7-11(10)15-12(17)16-13-14-8-9(2)18-13/h4-8H,3H2,1-2H3,(H2,14,15,16,17). The number of benzene rings is 1. The average molecular weight is 261 g/mol. The third-order valence-electron chi connectivity index (χ3n) is 2.49. The van der Waals surface area contributed by atoms with Crippen molar-refractivity contribution in [2.24, 2.45) is 0 Å². The summed E-state index contributed by atoms with van der Waals surface area (Å²) in [5, 5.41) is 6.17. The highest BCUT2D eigenvalue weighted by Crippen LogP contribution is 2.18. The van der Waals surface area contributed by atoms with Crippen molar-refractivity contribution in [1.29, 1.82) is 0 Å². The summed E-state index contributed by atoms with van der Waals surface area (Å²) in [7, 11) is 0. The molecule has 0 unspecified atom stereocenters. The van der Waals surface area contributed by atoms with Crippen LogP contribution in [-0.2, 0) is 6.42 Å². The number of carbonyl (C=O) groups excluding carboxylic acids is 1. The number of aromatic nitrogens is 1. The number of rotatable bonds is 3. The van der Waals surface area contributed by atoms with Gasteiger partial charge in [-0.2, -0.15) is 0 Å². The Labute approximate surface area is 110 Å². The third kappa shape index (κ3) is 3.07. The van der Waals surface area contributed by atoms with Crippen molar-refractivity contribution >= 4 is 28.2 Å². The van der Waals surface area contributed by atoms with Gasteiger partial charge in [0.25, 0.3) is 0 Å². The normalized spacial score (nSPS) is 10.1. The minimum absolute atomic E-state index is 0.259. The number of carbonyl (C=O) groups is 1. The van der Waals surface area contributed by atoms with Gasteiger partial charge in [-0.15, -0.1) is 11.3 Å². The molecular weight excluding hydrogens is 246 g/mol. The Morgan fingerprint density at radius 1 is 1.33 bits per heavy atom. The maximum Gasteiger partial charge on any atom is 0.325 e. The quantitative estimate of drug-likeness (QED) is 0.886. The van der Waals surface area contributed by atoms with Crippen LogP contribution in [0.1, 0.15) is 17.4 Å². The van der Waals surface area contributed by atoms with Crippen molar-refractivity contribution in [3.63, 3.8) is 0 Å². The number of para-hydroxylation sites is 1. The molecule has 1 aromatic heterocycles. The van der Waals surface area contributed by atoms with Crippen molar-refractivity contribution in [2.45, 2.75) is 20.3 Å². The molecule has 0 spiro atoms. The smallest absolute Gasteiger partial charge is 0.307 e. The number of thiazole rings is 1. The highest BCUT2D eigenvalue weighted by atomic mass is 32.1. The zero-order valence-corrected chi connectivity index (χ0v) is 11.2. The molecule has 0 fully saturated rings. The lowest BCUT2D eigenvalue weighted by molar-refractivity contribution is 0.262. The van der Waals surface area contributed by atoms with Gasteiger partial charge in [-0.3, -0.25) is 5.32 Å². The molecule has 0 bridgehead atoms. The molecule has 1 aromatic carbocycles. The van der Waals surface area contributed by atoms with E-state index in [4.69, 9.17) is 0 Å². The molecule has 0 aliphatic carbocycles. The largest absolute Gasteiger partial charge is 0.325 e. The molecule has 0 atom stereocenters. The molecule has 4 nitrogen and oxygen atoms in total. The second-order valence-corrected chi connectivity index (χ2v) is 5.10. The van der Waals surface area contributed by atoms with E-state index in [-0.39, 0.29) is 6.03 Å². The minimum Gasteiger partial charge on any atom is -0.307 e. The Morgan fingerprint density at radius 2 is 2.11 bits per heavy atom. The maximum absolute atomic E-state index is 11.8. The van der Waals surface area contributed by atoms with Gasteiger partial charge in [0.2, 0.25) is 0 Å². The summed E-state index contributed by atoms with van der Waals surface area (Å²) in [5.74, 6) is 0. The van der Waals surface area contributed by atoms with Gasteiger partial charge < -0.3 is 5.32 Å². The monoisotopic (exact) mass is 261 g/mol. The predicted molar refractivity (Wildman–Crippen MR) is 75.3 cm³/mol. The van der Waals surface area contributed by atoms with E-state index in [1.165, 1.54) is 11.3 Å². The van der Waals surface area contributed by atoms with Crippen LogP contribution in [0.25, 0.3) is 0 Å². The SMILES string of the molecule is CCc1ccccc1NC(=O)Nc1ncc(C)s1. The molecule has 5 heteroatoms. The van der Waals surface area contributed by atoms with Gasteiger partial charge in [-0.25, -0.2) is 9.78 Å². The van der Waals surface area contributed by atoms with E-state index in [1.54, 1.807) is 6.20 Å². The van der Waals surface area contributed by atoms with Crippen LogP contribution in [0.3, 0.4) is 0 Å². The second-order valence-electron chi connectivity index (χ2n) is 3.87. The molecule has 18 heavy (non-hydrogen) atoms. The topological polar surface area (TPSA) is 54.0 Å². The lowest BCUT2D eigenvalue weighted by Gasteiger charge is -2.09. The summed E-state index contributed by atoms with van der Waals surface area (Å²) in [6.07, 6.45) is 2.62. The van der Waals surface area contributed by atoms with E-state index >= 15 is 0 Å². The highest BCUT2D eigenvalue weighted by Gasteiger charge is 2.07. The van der Waals surface area contributed by atoms with Crippen LogP contribution in [0.15, 0.2) is 30.5 Å².